The number of carbonyl (C=O) groups is 1. The monoisotopic (exact) mass is 516 g/mol. The van der Waals surface area contributed by atoms with Gasteiger partial charge in [0.15, 0.2) is 4.80 Å². The van der Waals surface area contributed by atoms with Gasteiger partial charge < -0.3 is 9.15 Å². The van der Waals surface area contributed by atoms with Gasteiger partial charge in [-0.15, -0.1) is 11.8 Å². The van der Waals surface area contributed by atoms with Gasteiger partial charge in [-0.05, 0) is 55.5 Å². The largest absolute Gasteiger partial charge is 0.462 e. The first-order chi connectivity index (χ1) is 17.4. The lowest BCUT2D eigenvalue weighted by Crippen LogP contribution is -2.39. The lowest BCUT2D eigenvalue weighted by Gasteiger charge is -2.25. The molecule has 0 saturated heterocycles. The average molecular weight is 517 g/mol. The number of thioether (sulfide) groups is 1. The molecule has 36 heavy (non-hydrogen) atoms. The number of thiazole rings is 1. The second-order valence-electron chi connectivity index (χ2n) is 8.37. The number of allylic oxidation sites excluding steroid dienone is 1. The molecule has 2 aromatic carbocycles. The highest BCUT2D eigenvalue weighted by Crippen LogP contribution is 2.32. The van der Waals surface area contributed by atoms with Gasteiger partial charge in [0.2, 0.25) is 0 Å². The molecule has 0 aliphatic carbocycles. The lowest BCUT2D eigenvalue weighted by atomic mass is 9.96. The summed E-state index contributed by atoms with van der Waals surface area (Å²) in [5.74, 6) is 0.868. The molecule has 182 valence electrons. The van der Waals surface area contributed by atoms with Crippen molar-refractivity contribution < 1.29 is 13.9 Å². The van der Waals surface area contributed by atoms with Crippen molar-refractivity contribution in [3.05, 3.63) is 120 Å². The molecule has 1 aliphatic heterocycles. The number of nitrogens with zero attached hydrogens (tertiary/aromatic N) is 2. The predicted molar refractivity (Wildman–Crippen MR) is 142 cm³/mol. The average Bonchev–Trinajstić information content (AvgIpc) is 3.44. The minimum Gasteiger partial charge on any atom is -0.462 e. The second-order valence-corrected chi connectivity index (χ2v) is 10.3. The molecule has 1 unspecified atom stereocenters. The molecular formula is C28H24N2O4S2. The third-order valence-electron chi connectivity index (χ3n) is 5.92. The van der Waals surface area contributed by atoms with Gasteiger partial charge in [-0.25, -0.2) is 9.79 Å². The Hall–Kier alpha value is -3.62. The minimum absolute atomic E-state index is 0.136. The number of rotatable bonds is 6. The number of aromatic nitrogens is 1. The zero-order valence-corrected chi connectivity index (χ0v) is 21.7. The Morgan fingerprint density at radius 1 is 1.11 bits per heavy atom. The summed E-state index contributed by atoms with van der Waals surface area (Å²) in [7, 11) is 0. The highest BCUT2D eigenvalue weighted by Gasteiger charge is 2.33. The van der Waals surface area contributed by atoms with Gasteiger partial charge in [-0.1, -0.05) is 53.8 Å². The molecular weight excluding hydrogens is 492 g/mol. The molecule has 1 aliphatic rings. The Morgan fingerprint density at radius 3 is 2.53 bits per heavy atom. The molecule has 4 aromatic rings. The fourth-order valence-corrected chi connectivity index (χ4v) is 5.58. The van der Waals surface area contributed by atoms with E-state index >= 15 is 0 Å². The van der Waals surface area contributed by atoms with E-state index < -0.39 is 12.0 Å². The van der Waals surface area contributed by atoms with Crippen LogP contribution in [0.5, 0.6) is 0 Å². The normalized spacial score (nSPS) is 15.5. The van der Waals surface area contributed by atoms with Crippen molar-refractivity contribution in [2.75, 3.05) is 6.26 Å². The van der Waals surface area contributed by atoms with E-state index in [0.29, 0.717) is 26.4 Å². The molecule has 0 N–H and O–H groups in total. The summed E-state index contributed by atoms with van der Waals surface area (Å²) in [5.41, 5.74) is 2.36. The fraction of sp³-hybridized carbons (Fsp3) is 0.179. The van der Waals surface area contributed by atoms with Gasteiger partial charge in [0.1, 0.15) is 18.1 Å². The van der Waals surface area contributed by atoms with Gasteiger partial charge in [0.25, 0.3) is 5.56 Å². The molecule has 6 nitrogen and oxygen atoms in total. The van der Waals surface area contributed by atoms with Crippen LogP contribution in [0.4, 0.5) is 0 Å². The summed E-state index contributed by atoms with van der Waals surface area (Å²) in [6.45, 7) is 3.78. The molecule has 0 bridgehead atoms. The van der Waals surface area contributed by atoms with Crippen LogP contribution in [0.3, 0.4) is 0 Å². The summed E-state index contributed by atoms with van der Waals surface area (Å²) < 4.78 is 13.4. The number of aryl methyl sites for hydroxylation is 1. The Balaban J connectivity index is 1.61. The standard InChI is InChI=1S/C28H24N2O4S2/c1-17-9-12-21(34-17)15-23-26(31)30-25(20-10-13-22(35-3)14-11-20)24(18(2)29-28(30)36-23)27(32)33-16-19-7-5-4-6-8-19/h4-15,25H,16H2,1-3H3. The molecule has 3 heterocycles. The molecule has 1 atom stereocenters. The van der Waals surface area contributed by atoms with Crippen LogP contribution in [0, 0.1) is 6.92 Å². The number of benzene rings is 2. The summed E-state index contributed by atoms with van der Waals surface area (Å²) in [6.07, 6.45) is 3.72. The second kappa shape index (κ2) is 10.2. The highest BCUT2D eigenvalue weighted by atomic mass is 32.2. The highest BCUT2D eigenvalue weighted by molar-refractivity contribution is 7.98. The van der Waals surface area contributed by atoms with Crippen molar-refractivity contribution in [1.82, 2.24) is 4.57 Å². The van der Waals surface area contributed by atoms with E-state index in [1.54, 1.807) is 29.3 Å². The summed E-state index contributed by atoms with van der Waals surface area (Å²) >= 11 is 2.91. The van der Waals surface area contributed by atoms with Crippen molar-refractivity contribution in [3.8, 4) is 0 Å². The first kappa shape index (κ1) is 24.1. The third-order valence-corrected chi connectivity index (χ3v) is 7.65. The summed E-state index contributed by atoms with van der Waals surface area (Å²) in [4.78, 5) is 33.3. The van der Waals surface area contributed by atoms with E-state index in [0.717, 1.165) is 21.8 Å². The summed E-state index contributed by atoms with van der Waals surface area (Å²) in [6, 6.07) is 20.4. The number of furan rings is 1. The van der Waals surface area contributed by atoms with E-state index in [4.69, 9.17) is 9.15 Å². The van der Waals surface area contributed by atoms with Gasteiger partial charge in [-0.2, -0.15) is 0 Å². The van der Waals surface area contributed by atoms with Gasteiger partial charge in [0, 0.05) is 11.0 Å². The van der Waals surface area contributed by atoms with Crippen LogP contribution in [0.2, 0.25) is 0 Å². The van der Waals surface area contributed by atoms with Crippen LogP contribution in [0.15, 0.2) is 97.1 Å². The number of hydrogen-bond acceptors (Lipinski definition) is 7. The van der Waals surface area contributed by atoms with Crippen molar-refractivity contribution in [3.63, 3.8) is 0 Å². The van der Waals surface area contributed by atoms with E-state index in [1.807, 2.05) is 79.9 Å². The predicted octanol–water partition coefficient (Wildman–Crippen LogP) is 4.60. The Morgan fingerprint density at radius 2 is 1.86 bits per heavy atom. The molecule has 5 rings (SSSR count). The maximum absolute atomic E-state index is 13.6. The Labute approximate surface area is 216 Å². The zero-order valence-electron chi connectivity index (χ0n) is 20.1. The SMILES string of the molecule is CSc1ccc(C2C(C(=O)OCc3ccccc3)=C(C)N=c3sc(=Cc4ccc(C)o4)c(=O)n32)cc1. The van der Waals surface area contributed by atoms with Crippen LogP contribution < -0.4 is 14.9 Å². The topological polar surface area (TPSA) is 73.8 Å². The van der Waals surface area contributed by atoms with Crippen LogP contribution >= 0.6 is 23.1 Å². The lowest BCUT2D eigenvalue weighted by molar-refractivity contribution is -0.140. The molecule has 2 aromatic heterocycles. The van der Waals surface area contributed by atoms with Gasteiger partial charge in [-0.3, -0.25) is 9.36 Å². The van der Waals surface area contributed by atoms with Crippen LogP contribution in [0.1, 0.15) is 35.6 Å². The van der Waals surface area contributed by atoms with Crippen LogP contribution in [-0.4, -0.2) is 16.8 Å². The van der Waals surface area contributed by atoms with Crippen LogP contribution in [-0.2, 0) is 16.1 Å². The minimum atomic E-state index is -0.652. The van der Waals surface area contributed by atoms with Crippen molar-refractivity contribution >= 4 is 35.1 Å². The number of esters is 1. The summed E-state index contributed by atoms with van der Waals surface area (Å²) in [5, 5.41) is 0. The van der Waals surface area contributed by atoms with Gasteiger partial charge >= 0.3 is 5.97 Å². The van der Waals surface area contributed by atoms with Gasteiger partial charge in [0.05, 0.1) is 21.8 Å². The smallest absolute Gasteiger partial charge is 0.338 e. The van der Waals surface area contributed by atoms with E-state index in [1.165, 1.54) is 11.3 Å². The molecule has 0 saturated carbocycles. The molecule has 0 fully saturated rings. The number of hydrogen-bond donors (Lipinski definition) is 0. The zero-order chi connectivity index (χ0) is 25.2. The Bertz CT molecular complexity index is 1630. The molecule has 0 radical (unpaired) electrons. The third kappa shape index (κ3) is 4.74. The van der Waals surface area contributed by atoms with Crippen molar-refractivity contribution in [2.45, 2.75) is 31.4 Å². The van der Waals surface area contributed by atoms with E-state index in [2.05, 4.69) is 4.99 Å². The van der Waals surface area contributed by atoms with Crippen LogP contribution in [0.25, 0.3) is 6.08 Å². The first-order valence-electron chi connectivity index (χ1n) is 11.4. The first-order valence-corrected chi connectivity index (χ1v) is 13.4. The quantitative estimate of drug-likeness (QED) is 0.277. The molecule has 0 spiro atoms. The fourth-order valence-electron chi connectivity index (χ4n) is 4.15. The number of fused-ring (bicyclic) bond motifs is 1. The number of carbonyl (C=O) groups excluding carboxylic acids is 1. The maximum Gasteiger partial charge on any atom is 0.338 e. The number of ether oxygens (including phenoxy) is 1. The van der Waals surface area contributed by atoms with Crippen molar-refractivity contribution in [2.24, 2.45) is 4.99 Å². The Kier molecular flexibility index (Phi) is 6.80. The van der Waals surface area contributed by atoms with Crippen molar-refractivity contribution in [1.29, 1.82) is 0 Å². The maximum atomic E-state index is 13.6. The van der Waals surface area contributed by atoms with E-state index in [9.17, 15) is 9.59 Å². The van der Waals surface area contributed by atoms with E-state index in [-0.39, 0.29) is 12.2 Å². The molecule has 0 amide bonds. The molecule has 8 heteroatoms.